The zero-order chi connectivity index (χ0) is 13.8. The molecule has 0 saturated carbocycles. The van der Waals surface area contributed by atoms with Gasteiger partial charge in [-0.15, -0.1) is 11.8 Å². The van der Waals surface area contributed by atoms with Crippen LogP contribution in [0.25, 0.3) is 0 Å². The lowest BCUT2D eigenvalue weighted by molar-refractivity contribution is 0.463. The largest absolute Gasteiger partial charge is 0.464 e. The van der Waals surface area contributed by atoms with Crippen LogP contribution in [0.5, 0.6) is 0 Å². The molecule has 2 aromatic rings. The van der Waals surface area contributed by atoms with E-state index in [9.17, 15) is 0 Å². The molecule has 3 rings (SSSR count). The first-order chi connectivity index (χ1) is 9.85. The summed E-state index contributed by atoms with van der Waals surface area (Å²) in [4.78, 5) is 1.36. The van der Waals surface area contributed by atoms with Crippen molar-refractivity contribution in [2.24, 2.45) is 0 Å². The summed E-state index contributed by atoms with van der Waals surface area (Å²) in [5.41, 5.74) is 3.09. The normalized spacial score (nSPS) is 13.7. The Hall–Kier alpha value is -1.19. The zero-order valence-electron chi connectivity index (χ0n) is 11.9. The molecular formula is C17H21NOS. The molecule has 0 radical (unpaired) electrons. The molecule has 20 heavy (non-hydrogen) atoms. The summed E-state index contributed by atoms with van der Waals surface area (Å²) in [6, 6.07) is 11.1. The standard InChI is InChI=1S/C17H21NOS/c1-2-18-11-15-7-8-16(19-15)12-20-17-9-6-13-4-3-5-14(13)10-17/h6-10,18H,2-5,11-12H2,1H3. The van der Waals surface area contributed by atoms with Crippen LogP contribution in [0.2, 0.25) is 0 Å². The highest BCUT2D eigenvalue weighted by Crippen LogP contribution is 2.29. The summed E-state index contributed by atoms with van der Waals surface area (Å²) < 4.78 is 5.82. The number of hydrogen-bond acceptors (Lipinski definition) is 3. The van der Waals surface area contributed by atoms with Crippen LogP contribution in [0.15, 0.2) is 39.6 Å². The van der Waals surface area contributed by atoms with Gasteiger partial charge in [0.2, 0.25) is 0 Å². The molecule has 0 amide bonds. The third-order valence-corrected chi connectivity index (χ3v) is 4.73. The number of thioether (sulfide) groups is 1. The summed E-state index contributed by atoms with van der Waals surface area (Å²) in [7, 11) is 0. The van der Waals surface area contributed by atoms with Crippen LogP contribution in [0.4, 0.5) is 0 Å². The van der Waals surface area contributed by atoms with E-state index in [1.54, 1.807) is 11.1 Å². The first-order valence-corrected chi connectivity index (χ1v) is 8.36. The van der Waals surface area contributed by atoms with Gasteiger partial charge in [-0.1, -0.05) is 13.0 Å². The minimum Gasteiger partial charge on any atom is -0.464 e. The Morgan fingerprint density at radius 2 is 1.95 bits per heavy atom. The highest BCUT2D eigenvalue weighted by molar-refractivity contribution is 7.98. The molecule has 0 bridgehead atoms. The highest BCUT2D eigenvalue weighted by atomic mass is 32.2. The van der Waals surface area contributed by atoms with E-state index in [1.165, 1.54) is 24.2 Å². The lowest BCUT2D eigenvalue weighted by Crippen LogP contribution is -2.10. The molecule has 0 atom stereocenters. The van der Waals surface area contributed by atoms with Crippen LogP contribution in [0.1, 0.15) is 36.0 Å². The molecule has 0 aliphatic heterocycles. The SMILES string of the molecule is CCNCc1ccc(CSc2ccc3c(c2)CCC3)o1. The van der Waals surface area contributed by atoms with Gasteiger partial charge in [0, 0.05) is 4.90 Å². The molecule has 3 heteroatoms. The number of fused-ring (bicyclic) bond motifs is 1. The van der Waals surface area contributed by atoms with Crippen LogP contribution in [0.3, 0.4) is 0 Å². The maximum Gasteiger partial charge on any atom is 0.117 e. The van der Waals surface area contributed by atoms with Crippen LogP contribution >= 0.6 is 11.8 Å². The van der Waals surface area contributed by atoms with Gasteiger partial charge in [-0.3, -0.25) is 0 Å². The minimum atomic E-state index is 0.819. The Morgan fingerprint density at radius 1 is 1.10 bits per heavy atom. The molecule has 1 aromatic heterocycles. The summed E-state index contributed by atoms with van der Waals surface area (Å²) in [5, 5.41) is 3.28. The minimum absolute atomic E-state index is 0.819. The number of hydrogen-bond donors (Lipinski definition) is 1. The Labute approximate surface area is 125 Å². The van der Waals surface area contributed by atoms with E-state index in [4.69, 9.17) is 4.42 Å². The predicted octanol–water partition coefficient (Wildman–Crippen LogP) is 4.17. The van der Waals surface area contributed by atoms with Crippen molar-refractivity contribution in [3.05, 3.63) is 53.0 Å². The van der Waals surface area contributed by atoms with E-state index in [0.717, 1.165) is 30.4 Å². The smallest absolute Gasteiger partial charge is 0.117 e. The number of nitrogens with one attached hydrogen (secondary N) is 1. The number of furan rings is 1. The molecule has 1 heterocycles. The molecule has 2 nitrogen and oxygen atoms in total. The number of aryl methyl sites for hydroxylation is 2. The van der Waals surface area contributed by atoms with E-state index in [0.29, 0.717) is 0 Å². The van der Waals surface area contributed by atoms with Crippen molar-refractivity contribution >= 4 is 11.8 Å². The van der Waals surface area contributed by atoms with Crippen molar-refractivity contribution in [2.75, 3.05) is 6.54 Å². The van der Waals surface area contributed by atoms with E-state index >= 15 is 0 Å². The number of rotatable bonds is 6. The second-order valence-corrected chi connectivity index (χ2v) is 6.27. The van der Waals surface area contributed by atoms with Gasteiger partial charge in [0.1, 0.15) is 11.5 Å². The van der Waals surface area contributed by atoms with Gasteiger partial charge >= 0.3 is 0 Å². The molecule has 1 aliphatic rings. The second-order valence-electron chi connectivity index (χ2n) is 5.22. The average Bonchev–Trinajstić information content (AvgIpc) is 3.11. The maximum absolute atomic E-state index is 5.82. The molecule has 106 valence electrons. The van der Waals surface area contributed by atoms with Gasteiger partial charge in [0.15, 0.2) is 0 Å². The van der Waals surface area contributed by atoms with Crippen molar-refractivity contribution in [3.63, 3.8) is 0 Å². The van der Waals surface area contributed by atoms with Crippen molar-refractivity contribution in [1.29, 1.82) is 0 Å². The van der Waals surface area contributed by atoms with E-state index in [1.807, 2.05) is 11.8 Å². The Morgan fingerprint density at radius 3 is 2.85 bits per heavy atom. The van der Waals surface area contributed by atoms with Gasteiger partial charge < -0.3 is 9.73 Å². The fourth-order valence-electron chi connectivity index (χ4n) is 2.64. The van der Waals surface area contributed by atoms with Crippen molar-refractivity contribution in [3.8, 4) is 0 Å². The van der Waals surface area contributed by atoms with Crippen LogP contribution in [-0.2, 0) is 25.1 Å². The van der Waals surface area contributed by atoms with Gasteiger partial charge in [-0.25, -0.2) is 0 Å². The van der Waals surface area contributed by atoms with E-state index < -0.39 is 0 Å². The summed E-state index contributed by atoms with van der Waals surface area (Å²) in [6.07, 6.45) is 3.82. The van der Waals surface area contributed by atoms with Crippen LogP contribution < -0.4 is 5.32 Å². The molecule has 1 N–H and O–H groups in total. The highest BCUT2D eigenvalue weighted by Gasteiger charge is 2.11. The van der Waals surface area contributed by atoms with Crippen molar-refractivity contribution in [1.82, 2.24) is 5.32 Å². The molecule has 1 aromatic carbocycles. The average molecular weight is 287 g/mol. The van der Waals surface area contributed by atoms with Gasteiger partial charge in [0.05, 0.1) is 12.3 Å². The van der Waals surface area contributed by atoms with Crippen molar-refractivity contribution < 1.29 is 4.42 Å². The van der Waals surface area contributed by atoms with E-state index in [-0.39, 0.29) is 0 Å². The zero-order valence-corrected chi connectivity index (χ0v) is 12.8. The van der Waals surface area contributed by atoms with Gasteiger partial charge in [-0.05, 0) is 61.2 Å². The quantitative estimate of drug-likeness (QED) is 0.807. The monoisotopic (exact) mass is 287 g/mol. The molecule has 0 unspecified atom stereocenters. The Kier molecular flexibility index (Phi) is 4.48. The van der Waals surface area contributed by atoms with Gasteiger partial charge in [0.25, 0.3) is 0 Å². The first kappa shape index (κ1) is 13.8. The third kappa shape index (κ3) is 3.28. The fraction of sp³-hybridized carbons (Fsp3) is 0.412. The second kappa shape index (κ2) is 6.51. The summed E-state index contributed by atoms with van der Waals surface area (Å²) in [6.45, 7) is 3.90. The lowest BCUT2D eigenvalue weighted by Gasteiger charge is -2.04. The van der Waals surface area contributed by atoms with Gasteiger partial charge in [-0.2, -0.15) is 0 Å². The number of benzene rings is 1. The Bertz CT molecular complexity index is 576. The predicted molar refractivity (Wildman–Crippen MR) is 84.1 cm³/mol. The molecule has 0 fully saturated rings. The van der Waals surface area contributed by atoms with Crippen molar-refractivity contribution in [2.45, 2.75) is 43.4 Å². The fourth-order valence-corrected chi connectivity index (χ4v) is 3.49. The molecule has 0 spiro atoms. The first-order valence-electron chi connectivity index (χ1n) is 7.38. The van der Waals surface area contributed by atoms with E-state index in [2.05, 4.69) is 42.6 Å². The molecule has 0 saturated heterocycles. The lowest BCUT2D eigenvalue weighted by atomic mass is 10.1. The summed E-state index contributed by atoms with van der Waals surface area (Å²) in [5.74, 6) is 2.99. The third-order valence-electron chi connectivity index (χ3n) is 3.72. The Balaban J connectivity index is 1.57. The maximum atomic E-state index is 5.82. The topological polar surface area (TPSA) is 25.2 Å². The van der Waals surface area contributed by atoms with Crippen LogP contribution in [-0.4, -0.2) is 6.54 Å². The van der Waals surface area contributed by atoms with Crippen LogP contribution in [0, 0.1) is 0 Å². The summed E-state index contributed by atoms with van der Waals surface area (Å²) >= 11 is 1.86. The molecular weight excluding hydrogens is 266 g/mol. The molecule has 1 aliphatic carbocycles.